The van der Waals surface area contributed by atoms with Crippen LogP contribution in [-0.4, -0.2) is 30.1 Å². The van der Waals surface area contributed by atoms with Gasteiger partial charge in [0, 0.05) is 28.5 Å². The number of nitrogens with zero attached hydrogens (tertiary/aromatic N) is 2. The van der Waals surface area contributed by atoms with Crippen molar-refractivity contribution in [3.63, 3.8) is 0 Å². The highest BCUT2D eigenvalue weighted by Crippen LogP contribution is 2.35. The summed E-state index contributed by atoms with van der Waals surface area (Å²) in [5, 5.41) is 3.48. The summed E-state index contributed by atoms with van der Waals surface area (Å²) in [6.07, 6.45) is 4.22. The Morgan fingerprint density at radius 3 is 2.75 bits per heavy atom. The predicted octanol–water partition coefficient (Wildman–Crippen LogP) is 4.39. The lowest BCUT2D eigenvalue weighted by molar-refractivity contribution is -0.120. The van der Waals surface area contributed by atoms with Crippen molar-refractivity contribution in [1.82, 2.24) is 4.98 Å². The van der Waals surface area contributed by atoms with Crippen LogP contribution < -0.4 is 4.90 Å². The first kappa shape index (κ1) is 16.1. The van der Waals surface area contributed by atoms with Crippen LogP contribution >= 0.6 is 22.9 Å². The van der Waals surface area contributed by atoms with Gasteiger partial charge in [0.25, 0.3) is 0 Å². The Morgan fingerprint density at radius 2 is 2.08 bits per heavy atom. The normalized spacial score (nSPS) is 20.3. The Labute approximate surface area is 150 Å². The van der Waals surface area contributed by atoms with Crippen molar-refractivity contribution in [2.75, 3.05) is 18.1 Å². The van der Waals surface area contributed by atoms with Gasteiger partial charge in [-0.05, 0) is 37.8 Å². The molecule has 0 spiro atoms. The molecule has 4 rings (SSSR count). The number of hydrogen-bond acceptors (Lipinski definition) is 4. The SMILES string of the molecule is O=C(C1CC1)N(CC1CCCO1)c1nc(-c2ccc(Cl)cc2)cs1. The molecule has 1 atom stereocenters. The fourth-order valence-electron chi connectivity index (χ4n) is 2.95. The van der Waals surface area contributed by atoms with Gasteiger partial charge in [-0.15, -0.1) is 11.3 Å². The van der Waals surface area contributed by atoms with E-state index in [1.165, 1.54) is 11.3 Å². The third-order valence-corrected chi connectivity index (χ3v) is 5.58. The number of carbonyl (C=O) groups excluding carboxylic acids is 1. The molecular weight excluding hydrogens is 344 g/mol. The molecule has 1 amide bonds. The molecular formula is C18H19ClN2O2S. The highest BCUT2D eigenvalue weighted by molar-refractivity contribution is 7.14. The van der Waals surface area contributed by atoms with Crippen molar-refractivity contribution < 1.29 is 9.53 Å². The van der Waals surface area contributed by atoms with Gasteiger partial charge in [0.15, 0.2) is 5.13 Å². The maximum atomic E-state index is 12.7. The molecule has 1 saturated carbocycles. The molecule has 2 aliphatic rings. The number of amides is 1. The van der Waals surface area contributed by atoms with Crippen LogP contribution in [0.25, 0.3) is 11.3 Å². The van der Waals surface area contributed by atoms with E-state index in [1.807, 2.05) is 34.5 Å². The summed E-state index contributed by atoms with van der Waals surface area (Å²) >= 11 is 7.47. The highest BCUT2D eigenvalue weighted by atomic mass is 35.5. The fourth-order valence-corrected chi connectivity index (χ4v) is 3.92. The zero-order chi connectivity index (χ0) is 16.5. The van der Waals surface area contributed by atoms with Crippen LogP contribution in [0.3, 0.4) is 0 Å². The number of aromatic nitrogens is 1. The number of thiazole rings is 1. The third kappa shape index (κ3) is 3.48. The maximum absolute atomic E-state index is 12.7. The van der Waals surface area contributed by atoms with Gasteiger partial charge in [-0.1, -0.05) is 23.7 Å². The zero-order valence-electron chi connectivity index (χ0n) is 13.3. The Balaban J connectivity index is 1.57. The molecule has 126 valence electrons. The number of hydrogen-bond donors (Lipinski definition) is 0. The van der Waals surface area contributed by atoms with Crippen molar-refractivity contribution in [3.8, 4) is 11.3 Å². The van der Waals surface area contributed by atoms with E-state index in [0.717, 1.165) is 48.7 Å². The van der Waals surface area contributed by atoms with Crippen molar-refractivity contribution in [1.29, 1.82) is 0 Å². The minimum absolute atomic E-state index is 0.135. The van der Waals surface area contributed by atoms with E-state index in [-0.39, 0.29) is 17.9 Å². The van der Waals surface area contributed by atoms with E-state index in [9.17, 15) is 4.79 Å². The lowest BCUT2D eigenvalue weighted by Crippen LogP contribution is -2.38. The summed E-state index contributed by atoms with van der Waals surface area (Å²) in [5.74, 6) is 0.372. The molecule has 4 nitrogen and oxygen atoms in total. The monoisotopic (exact) mass is 362 g/mol. The van der Waals surface area contributed by atoms with Gasteiger partial charge in [-0.3, -0.25) is 9.69 Å². The molecule has 1 aliphatic heterocycles. The second-order valence-electron chi connectivity index (χ2n) is 6.38. The minimum atomic E-state index is 0.135. The average Bonchev–Trinajstić information content (AvgIpc) is 3.10. The smallest absolute Gasteiger partial charge is 0.231 e. The van der Waals surface area contributed by atoms with E-state index in [4.69, 9.17) is 21.3 Å². The number of carbonyl (C=O) groups is 1. The molecule has 1 saturated heterocycles. The largest absolute Gasteiger partial charge is 0.376 e. The van der Waals surface area contributed by atoms with Crippen molar-refractivity contribution in [2.24, 2.45) is 5.92 Å². The summed E-state index contributed by atoms with van der Waals surface area (Å²) in [6, 6.07) is 7.62. The lowest BCUT2D eigenvalue weighted by atomic mass is 10.2. The van der Waals surface area contributed by atoms with Crippen LogP contribution in [0.5, 0.6) is 0 Å². The molecule has 24 heavy (non-hydrogen) atoms. The van der Waals surface area contributed by atoms with Crippen LogP contribution in [0.4, 0.5) is 5.13 Å². The quantitative estimate of drug-likeness (QED) is 0.792. The molecule has 1 aliphatic carbocycles. The number of anilines is 1. The molecule has 2 fully saturated rings. The Morgan fingerprint density at radius 1 is 1.29 bits per heavy atom. The van der Waals surface area contributed by atoms with E-state index >= 15 is 0 Å². The number of rotatable bonds is 5. The van der Waals surface area contributed by atoms with Crippen molar-refractivity contribution in [2.45, 2.75) is 31.8 Å². The number of benzene rings is 1. The van der Waals surface area contributed by atoms with Crippen LogP contribution in [0.1, 0.15) is 25.7 Å². The molecule has 0 radical (unpaired) electrons. The first-order chi connectivity index (χ1) is 11.7. The molecule has 1 unspecified atom stereocenters. The van der Waals surface area contributed by atoms with E-state index in [1.54, 1.807) is 0 Å². The Bertz CT molecular complexity index is 721. The summed E-state index contributed by atoms with van der Waals surface area (Å²) in [6.45, 7) is 1.41. The first-order valence-corrected chi connectivity index (χ1v) is 9.61. The summed E-state index contributed by atoms with van der Waals surface area (Å²) in [4.78, 5) is 19.3. The molecule has 2 heterocycles. The summed E-state index contributed by atoms with van der Waals surface area (Å²) < 4.78 is 5.73. The van der Waals surface area contributed by atoms with E-state index < -0.39 is 0 Å². The van der Waals surface area contributed by atoms with Crippen LogP contribution in [-0.2, 0) is 9.53 Å². The average molecular weight is 363 g/mol. The lowest BCUT2D eigenvalue weighted by Gasteiger charge is -2.23. The van der Waals surface area contributed by atoms with E-state index in [2.05, 4.69) is 0 Å². The molecule has 0 bridgehead atoms. The third-order valence-electron chi connectivity index (χ3n) is 4.47. The van der Waals surface area contributed by atoms with Gasteiger partial charge in [-0.25, -0.2) is 4.98 Å². The molecule has 2 aromatic rings. The van der Waals surface area contributed by atoms with Crippen molar-refractivity contribution >= 4 is 34.0 Å². The van der Waals surface area contributed by atoms with E-state index in [0.29, 0.717) is 11.6 Å². The minimum Gasteiger partial charge on any atom is -0.376 e. The van der Waals surface area contributed by atoms with Crippen molar-refractivity contribution in [3.05, 3.63) is 34.7 Å². The van der Waals surface area contributed by atoms with Gasteiger partial charge in [-0.2, -0.15) is 0 Å². The standard InChI is InChI=1S/C18H19ClN2O2S/c19-14-7-5-12(6-8-14)16-11-24-18(20-16)21(17(22)13-3-4-13)10-15-2-1-9-23-15/h5-8,11,13,15H,1-4,9-10H2. The first-order valence-electron chi connectivity index (χ1n) is 8.35. The second-order valence-corrected chi connectivity index (χ2v) is 7.65. The van der Waals surface area contributed by atoms with Crippen LogP contribution in [0.2, 0.25) is 5.02 Å². The number of ether oxygens (including phenoxy) is 1. The van der Waals surface area contributed by atoms with Gasteiger partial charge in [0.2, 0.25) is 5.91 Å². The van der Waals surface area contributed by atoms with Gasteiger partial charge < -0.3 is 4.74 Å². The molecule has 0 N–H and O–H groups in total. The van der Waals surface area contributed by atoms with Gasteiger partial charge in [0.05, 0.1) is 18.3 Å². The van der Waals surface area contributed by atoms with Gasteiger partial charge >= 0.3 is 0 Å². The second kappa shape index (κ2) is 6.82. The highest BCUT2D eigenvalue weighted by Gasteiger charge is 2.36. The fraction of sp³-hybridized carbons (Fsp3) is 0.444. The topological polar surface area (TPSA) is 42.4 Å². The van der Waals surface area contributed by atoms with Crippen LogP contribution in [0, 0.1) is 5.92 Å². The summed E-state index contributed by atoms with van der Waals surface area (Å²) in [7, 11) is 0. The Kier molecular flexibility index (Phi) is 4.57. The number of halogens is 1. The molecule has 6 heteroatoms. The predicted molar refractivity (Wildman–Crippen MR) is 96.6 cm³/mol. The zero-order valence-corrected chi connectivity index (χ0v) is 14.9. The molecule has 1 aromatic heterocycles. The summed E-state index contributed by atoms with van der Waals surface area (Å²) in [5.41, 5.74) is 1.89. The maximum Gasteiger partial charge on any atom is 0.231 e. The van der Waals surface area contributed by atoms with Crippen LogP contribution in [0.15, 0.2) is 29.6 Å². The Hall–Kier alpha value is -1.43. The van der Waals surface area contributed by atoms with Gasteiger partial charge in [0.1, 0.15) is 0 Å². The molecule has 1 aromatic carbocycles.